The molecule has 3 aliphatic rings. The first-order valence-corrected chi connectivity index (χ1v) is 12.6. The Morgan fingerprint density at radius 1 is 0.816 bits per heavy atom. The lowest BCUT2D eigenvalue weighted by atomic mass is 10.1. The highest BCUT2D eigenvalue weighted by molar-refractivity contribution is 5.96. The van der Waals surface area contributed by atoms with E-state index < -0.39 is 0 Å². The van der Waals surface area contributed by atoms with Gasteiger partial charge in [-0.05, 0) is 30.3 Å². The van der Waals surface area contributed by atoms with Crippen molar-refractivity contribution in [3.05, 3.63) is 41.5 Å². The highest BCUT2D eigenvalue weighted by Crippen LogP contribution is 2.38. The Kier molecular flexibility index (Phi) is 7.75. The van der Waals surface area contributed by atoms with Crippen LogP contribution in [0.2, 0.25) is 0 Å². The quantitative estimate of drug-likeness (QED) is 0.533. The summed E-state index contributed by atoms with van der Waals surface area (Å²) in [6.07, 6.45) is -0.0981. The summed E-state index contributed by atoms with van der Waals surface area (Å²) in [5.74, 6) is 2.47. The molecule has 38 heavy (non-hydrogen) atoms. The van der Waals surface area contributed by atoms with Crippen LogP contribution in [0.3, 0.4) is 0 Å². The minimum Gasteiger partial charge on any atom is -0.493 e. The van der Waals surface area contributed by atoms with Crippen molar-refractivity contribution >= 4 is 11.8 Å². The highest BCUT2D eigenvalue weighted by atomic mass is 16.7. The Bertz CT molecular complexity index is 1160. The topological polar surface area (TPSA) is 99.2 Å². The van der Waals surface area contributed by atoms with Gasteiger partial charge in [0.1, 0.15) is 0 Å². The van der Waals surface area contributed by atoms with Crippen molar-refractivity contribution in [3.8, 4) is 28.7 Å². The Labute approximate surface area is 221 Å². The first kappa shape index (κ1) is 25.9. The number of carbonyl (C=O) groups excluding carboxylic acids is 2. The molecule has 0 bridgehead atoms. The summed E-state index contributed by atoms with van der Waals surface area (Å²) in [6.45, 7) is 5.01. The van der Waals surface area contributed by atoms with Gasteiger partial charge in [-0.1, -0.05) is 0 Å². The summed E-state index contributed by atoms with van der Waals surface area (Å²) in [7, 11) is 4.59. The zero-order valence-electron chi connectivity index (χ0n) is 21.9. The minimum atomic E-state index is -0.0981. The Morgan fingerprint density at radius 3 is 2.18 bits per heavy atom. The summed E-state index contributed by atoms with van der Waals surface area (Å²) >= 11 is 0. The molecule has 2 aromatic carbocycles. The largest absolute Gasteiger partial charge is 0.493 e. The molecule has 2 aromatic rings. The van der Waals surface area contributed by atoms with Crippen LogP contribution in [-0.4, -0.2) is 113 Å². The molecule has 0 saturated carbocycles. The van der Waals surface area contributed by atoms with E-state index in [9.17, 15) is 9.59 Å². The monoisotopic (exact) mass is 527 g/mol. The Morgan fingerprint density at radius 2 is 1.50 bits per heavy atom. The normalized spacial score (nSPS) is 19.3. The van der Waals surface area contributed by atoms with Gasteiger partial charge < -0.3 is 38.2 Å². The molecule has 0 aliphatic carbocycles. The van der Waals surface area contributed by atoms with Gasteiger partial charge in [-0.3, -0.25) is 14.5 Å². The molecule has 3 heterocycles. The van der Waals surface area contributed by atoms with Gasteiger partial charge in [0, 0.05) is 56.9 Å². The van der Waals surface area contributed by atoms with E-state index in [4.69, 9.17) is 28.4 Å². The van der Waals surface area contributed by atoms with Crippen LogP contribution in [-0.2, 0) is 4.74 Å². The van der Waals surface area contributed by atoms with Crippen LogP contribution in [0.4, 0.5) is 0 Å². The molecule has 0 spiro atoms. The first-order valence-electron chi connectivity index (χ1n) is 12.6. The van der Waals surface area contributed by atoms with Crippen molar-refractivity contribution in [1.82, 2.24) is 14.7 Å². The lowest BCUT2D eigenvalue weighted by Crippen LogP contribution is -2.54. The number of rotatable bonds is 7. The van der Waals surface area contributed by atoms with Gasteiger partial charge in [0.15, 0.2) is 23.0 Å². The summed E-state index contributed by atoms with van der Waals surface area (Å²) in [4.78, 5) is 32.3. The van der Waals surface area contributed by atoms with Crippen LogP contribution < -0.4 is 23.7 Å². The molecule has 11 nitrogen and oxygen atoms in total. The highest BCUT2D eigenvalue weighted by Gasteiger charge is 2.30. The average molecular weight is 528 g/mol. The fourth-order valence-corrected chi connectivity index (χ4v) is 5.04. The number of hydrogen-bond acceptors (Lipinski definition) is 9. The van der Waals surface area contributed by atoms with Gasteiger partial charge in [-0.2, -0.15) is 0 Å². The molecular formula is C27H33N3O8. The first-order chi connectivity index (χ1) is 18.5. The van der Waals surface area contributed by atoms with E-state index in [1.807, 2.05) is 9.80 Å². The molecule has 0 N–H and O–H groups in total. The zero-order chi connectivity index (χ0) is 26.6. The SMILES string of the molecule is COc1cc(C(=O)N2CCN(C[C@@H]3CN(C(=O)c4ccc5c(c4)OCO5)CCO3)CC2)cc(OC)c1OC. The van der Waals surface area contributed by atoms with E-state index in [2.05, 4.69) is 4.90 Å². The molecule has 11 heteroatoms. The predicted octanol–water partition coefficient (Wildman–Crippen LogP) is 1.74. The number of hydrogen-bond donors (Lipinski definition) is 0. The van der Waals surface area contributed by atoms with Crippen molar-refractivity contribution in [2.24, 2.45) is 0 Å². The summed E-state index contributed by atoms with van der Waals surface area (Å²) in [6, 6.07) is 8.63. The van der Waals surface area contributed by atoms with Gasteiger partial charge in [-0.15, -0.1) is 0 Å². The third kappa shape index (κ3) is 5.30. The average Bonchev–Trinajstić information content (AvgIpc) is 3.44. The number of benzene rings is 2. The molecule has 5 rings (SSSR count). The van der Waals surface area contributed by atoms with Crippen LogP contribution in [0.15, 0.2) is 30.3 Å². The Balaban J connectivity index is 1.15. The van der Waals surface area contributed by atoms with E-state index in [0.29, 0.717) is 92.3 Å². The Hall–Kier alpha value is -3.70. The van der Waals surface area contributed by atoms with E-state index in [1.54, 1.807) is 30.3 Å². The minimum absolute atomic E-state index is 0.0441. The third-order valence-electron chi connectivity index (χ3n) is 7.08. The van der Waals surface area contributed by atoms with Crippen molar-refractivity contribution in [3.63, 3.8) is 0 Å². The number of carbonyl (C=O) groups is 2. The smallest absolute Gasteiger partial charge is 0.254 e. The summed E-state index contributed by atoms with van der Waals surface area (Å²) < 4.78 is 32.9. The van der Waals surface area contributed by atoms with E-state index >= 15 is 0 Å². The van der Waals surface area contributed by atoms with Crippen LogP contribution in [0.25, 0.3) is 0 Å². The maximum Gasteiger partial charge on any atom is 0.254 e. The number of amides is 2. The molecule has 2 amide bonds. The van der Waals surface area contributed by atoms with E-state index in [-0.39, 0.29) is 24.7 Å². The number of piperazine rings is 1. The fourth-order valence-electron chi connectivity index (χ4n) is 5.04. The number of methoxy groups -OCH3 is 3. The molecule has 2 saturated heterocycles. The number of fused-ring (bicyclic) bond motifs is 1. The summed E-state index contributed by atoms with van der Waals surface area (Å²) in [5.41, 5.74) is 1.06. The van der Waals surface area contributed by atoms with Crippen LogP contribution >= 0.6 is 0 Å². The second-order valence-corrected chi connectivity index (χ2v) is 9.32. The molecule has 0 aromatic heterocycles. The van der Waals surface area contributed by atoms with Crippen LogP contribution in [0.5, 0.6) is 28.7 Å². The van der Waals surface area contributed by atoms with E-state index in [1.165, 1.54) is 21.3 Å². The van der Waals surface area contributed by atoms with Crippen molar-refractivity contribution in [2.45, 2.75) is 6.10 Å². The molecule has 3 aliphatic heterocycles. The molecule has 1 atom stereocenters. The standard InChI is InChI=1S/C27H33N3O8/c1-33-23-13-19(14-24(34-2)25(23)35-3)27(32)29-8-6-28(7-9-29)15-20-16-30(10-11-36-20)26(31)18-4-5-21-22(12-18)38-17-37-21/h4-5,12-14,20H,6-11,15-17H2,1-3H3/t20-/m1/s1. The number of nitrogens with zero attached hydrogens (tertiary/aromatic N) is 3. The van der Waals surface area contributed by atoms with Crippen LogP contribution in [0, 0.1) is 0 Å². The lowest BCUT2D eigenvalue weighted by Gasteiger charge is -2.39. The van der Waals surface area contributed by atoms with Gasteiger partial charge in [-0.25, -0.2) is 0 Å². The van der Waals surface area contributed by atoms with Crippen molar-refractivity contribution in [1.29, 1.82) is 0 Å². The van der Waals surface area contributed by atoms with Crippen LogP contribution in [0.1, 0.15) is 20.7 Å². The second kappa shape index (κ2) is 11.4. The maximum atomic E-state index is 13.2. The number of ether oxygens (including phenoxy) is 6. The van der Waals surface area contributed by atoms with Gasteiger partial charge in [0.05, 0.1) is 34.0 Å². The van der Waals surface area contributed by atoms with Gasteiger partial charge in [0.2, 0.25) is 12.5 Å². The molecule has 204 valence electrons. The second-order valence-electron chi connectivity index (χ2n) is 9.32. The van der Waals surface area contributed by atoms with Gasteiger partial charge in [0.25, 0.3) is 11.8 Å². The zero-order valence-corrected chi connectivity index (χ0v) is 21.9. The van der Waals surface area contributed by atoms with E-state index in [0.717, 1.165) is 0 Å². The maximum absolute atomic E-state index is 13.2. The van der Waals surface area contributed by atoms with Crippen molar-refractivity contribution in [2.75, 3.05) is 80.5 Å². The van der Waals surface area contributed by atoms with Gasteiger partial charge >= 0.3 is 0 Å². The molecule has 0 radical (unpaired) electrons. The molecule has 0 unspecified atom stereocenters. The number of morpholine rings is 1. The molecular weight excluding hydrogens is 494 g/mol. The lowest BCUT2D eigenvalue weighted by molar-refractivity contribution is -0.0400. The fraction of sp³-hybridized carbons (Fsp3) is 0.481. The third-order valence-corrected chi connectivity index (χ3v) is 7.08. The van der Waals surface area contributed by atoms with Crippen molar-refractivity contribution < 1.29 is 38.0 Å². The predicted molar refractivity (Wildman–Crippen MR) is 137 cm³/mol. The summed E-state index contributed by atoms with van der Waals surface area (Å²) in [5, 5.41) is 0. The molecule has 2 fully saturated rings.